The molecule has 0 amide bonds. The molecular weight excluding hydrogens is 240 g/mol. The van der Waals surface area contributed by atoms with Crippen molar-refractivity contribution in [3.8, 4) is 0 Å². The fourth-order valence-corrected chi connectivity index (χ4v) is 2.68. The lowest BCUT2D eigenvalue weighted by Gasteiger charge is -2.20. The number of pyridine rings is 1. The van der Waals surface area contributed by atoms with Gasteiger partial charge >= 0.3 is 0 Å². The van der Waals surface area contributed by atoms with Crippen LogP contribution in [0.25, 0.3) is 0 Å². The summed E-state index contributed by atoms with van der Waals surface area (Å²) in [6, 6.07) is 4.33. The second-order valence-corrected chi connectivity index (χ2v) is 5.25. The molecule has 5 heteroatoms. The van der Waals surface area contributed by atoms with E-state index < -0.39 is 0 Å². The monoisotopic (exact) mass is 262 g/mol. The van der Waals surface area contributed by atoms with Crippen molar-refractivity contribution in [2.45, 2.75) is 45.2 Å². The Hall–Kier alpha value is -1.62. The largest absolute Gasteiger partial charge is 0.409 e. The van der Waals surface area contributed by atoms with E-state index in [0.29, 0.717) is 11.7 Å². The first-order valence-electron chi connectivity index (χ1n) is 6.87. The summed E-state index contributed by atoms with van der Waals surface area (Å²) in [7, 11) is 0. The lowest BCUT2D eigenvalue weighted by Crippen LogP contribution is -2.31. The standard InChI is InChI=1S/C14H22N4O/c1-10(12-4-2-3-5-12)17-9-11-6-7-16-13(8-11)14(15)18-19/h6-8,10,12,17,19H,2-5,9H2,1H3,(H2,15,18)/t10-/m0/s1. The van der Waals surface area contributed by atoms with Crippen molar-refractivity contribution >= 4 is 5.84 Å². The zero-order valence-corrected chi connectivity index (χ0v) is 11.3. The van der Waals surface area contributed by atoms with Crippen LogP contribution >= 0.6 is 0 Å². The van der Waals surface area contributed by atoms with Crippen molar-refractivity contribution < 1.29 is 5.21 Å². The van der Waals surface area contributed by atoms with E-state index in [9.17, 15) is 0 Å². The molecule has 0 unspecified atom stereocenters. The number of hydrogen-bond acceptors (Lipinski definition) is 4. The third-order valence-corrected chi connectivity index (χ3v) is 3.93. The Morgan fingerprint density at radius 1 is 1.58 bits per heavy atom. The molecule has 1 aromatic rings. The highest BCUT2D eigenvalue weighted by Gasteiger charge is 2.20. The molecule has 1 heterocycles. The lowest BCUT2D eigenvalue weighted by atomic mass is 9.99. The van der Waals surface area contributed by atoms with Gasteiger partial charge in [0.25, 0.3) is 0 Å². The highest BCUT2D eigenvalue weighted by Crippen LogP contribution is 2.27. The zero-order chi connectivity index (χ0) is 13.7. The topological polar surface area (TPSA) is 83.5 Å². The second-order valence-electron chi connectivity index (χ2n) is 5.25. The average molecular weight is 262 g/mol. The van der Waals surface area contributed by atoms with Crippen LogP contribution in [-0.2, 0) is 6.54 Å². The number of nitrogens with one attached hydrogen (secondary N) is 1. The Morgan fingerprint density at radius 3 is 3.00 bits per heavy atom. The van der Waals surface area contributed by atoms with Crippen LogP contribution < -0.4 is 11.1 Å². The van der Waals surface area contributed by atoms with Gasteiger partial charge in [0.15, 0.2) is 5.84 Å². The second kappa shape index (κ2) is 6.52. The van der Waals surface area contributed by atoms with Gasteiger partial charge in [-0.3, -0.25) is 4.98 Å². The molecule has 1 fully saturated rings. The predicted octanol–water partition coefficient (Wildman–Crippen LogP) is 1.84. The molecule has 0 aromatic carbocycles. The Labute approximate surface area is 113 Å². The minimum Gasteiger partial charge on any atom is -0.409 e. The highest BCUT2D eigenvalue weighted by atomic mass is 16.4. The Balaban J connectivity index is 1.92. The van der Waals surface area contributed by atoms with Crippen LogP contribution in [0.2, 0.25) is 0 Å². The van der Waals surface area contributed by atoms with Gasteiger partial charge in [-0.15, -0.1) is 0 Å². The van der Waals surface area contributed by atoms with Crippen molar-refractivity contribution in [1.82, 2.24) is 10.3 Å². The van der Waals surface area contributed by atoms with Crippen LogP contribution in [-0.4, -0.2) is 22.1 Å². The Kier molecular flexibility index (Phi) is 4.74. The maximum atomic E-state index is 8.65. The predicted molar refractivity (Wildman–Crippen MR) is 75.0 cm³/mol. The SMILES string of the molecule is C[C@H](NCc1ccnc(/C(N)=N/O)c1)C1CCCC1. The van der Waals surface area contributed by atoms with Gasteiger partial charge in [0.05, 0.1) is 0 Å². The number of nitrogens with zero attached hydrogens (tertiary/aromatic N) is 2. The van der Waals surface area contributed by atoms with E-state index in [0.717, 1.165) is 18.0 Å². The van der Waals surface area contributed by atoms with Crippen molar-refractivity contribution in [2.24, 2.45) is 16.8 Å². The van der Waals surface area contributed by atoms with Gasteiger partial charge < -0.3 is 16.3 Å². The first kappa shape index (κ1) is 13.8. The van der Waals surface area contributed by atoms with Gasteiger partial charge in [-0.1, -0.05) is 18.0 Å². The molecule has 1 aliphatic carbocycles. The Bertz CT molecular complexity index is 441. The first-order chi connectivity index (χ1) is 9.20. The zero-order valence-electron chi connectivity index (χ0n) is 11.3. The van der Waals surface area contributed by atoms with Crippen LogP contribution in [0.5, 0.6) is 0 Å². The lowest BCUT2D eigenvalue weighted by molar-refractivity contribution is 0.318. The summed E-state index contributed by atoms with van der Waals surface area (Å²) >= 11 is 0. The summed E-state index contributed by atoms with van der Waals surface area (Å²) in [6.45, 7) is 3.04. The molecule has 0 spiro atoms. The van der Waals surface area contributed by atoms with E-state index in [4.69, 9.17) is 10.9 Å². The van der Waals surface area contributed by atoms with E-state index in [1.54, 1.807) is 6.20 Å². The van der Waals surface area contributed by atoms with Gasteiger partial charge in [0.1, 0.15) is 5.69 Å². The van der Waals surface area contributed by atoms with Crippen LogP contribution in [0.1, 0.15) is 43.9 Å². The van der Waals surface area contributed by atoms with E-state index in [1.807, 2.05) is 12.1 Å². The summed E-state index contributed by atoms with van der Waals surface area (Å²) < 4.78 is 0. The van der Waals surface area contributed by atoms with Crippen LogP contribution in [0.15, 0.2) is 23.5 Å². The molecule has 2 rings (SSSR count). The van der Waals surface area contributed by atoms with E-state index >= 15 is 0 Å². The van der Waals surface area contributed by atoms with Crippen molar-refractivity contribution in [3.63, 3.8) is 0 Å². The number of amidine groups is 1. The van der Waals surface area contributed by atoms with Gasteiger partial charge in [-0.05, 0) is 43.4 Å². The molecule has 0 saturated heterocycles. The molecule has 0 bridgehead atoms. The minimum absolute atomic E-state index is 0.0469. The normalized spacial score (nSPS) is 18.7. The third-order valence-electron chi connectivity index (χ3n) is 3.93. The number of hydrogen-bond donors (Lipinski definition) is 3. The van der Waals surface area contributed by atoms with E-state index in [1.165, 1.54) is 25.7 Å². The van der Waals surface area contributed by atoms with Crippen LogP contribution in [0.4, 0.5) is 0 Å². The number of oxime groups is 1. The summed E-state index contributed by atoms with van der Waals surface area (Å²) in [6.07, 6.45) is 7.07. The molecule has 1 aliphatic rings. The summed E-state index contributed by atoms with van der Waals surface area (Å²) in [4.78, 5) is 4.07. The maximum absolute atomic E-state index is 8.65. The van der Waals surface area contributed by atoms with Gasteiger partial charge in [-0.2, -0.15) is 0 Å². The van der Waals surface area contributed by atoms with Gasteiger partial charge in [0, 0.05) is 18.8 Å². The summed E-state index contributed by atoms with van der Waals surface area (Å²) in [5.74, 6) is 0.844. The number of aromatic nitrogens is 1. The summed E-state index contributed by atoms with van der Waals surface area (Å²) in [5, 5.41) is 15.2. The fourth-order valence-electron chi connectivity index (χ4n) is 2.68. The van der Waals surface area contributed by atoms with Crippen LogP contribution in [0.3, 0.4) is 0 Å². The first-order valence-corrected chi connectivity index (χ1v) is 6.87. The van der Waals surface area contributed by atoms with Gasteiger partial charge in [0.2, 0.25) is 0 Å². The summed E-state index contributed by atoms with van der Waals surface area (Å²) in [5.41, 5.74) is 7.14. The molecule has 5 nitrogen and oxygen atoms in total. The molecular formula is C14H22N4O. The Morgan fingerprint density at radius 2 is 2.32 bits per heavy atom. The number of rotatable bonds is 5. The molecule has 104 valence electrons. The molecule has 4 N–H and O–H groups in total. The molecule has 0 radical (unpaired) electrons. The molecule has 1 saturated carbocycles. The molecule has 0 aliphatic heterocycles. The smallest absolute Gasteiger partial charge is 0.188 e. The van der Waals surface area contributed by atoms with Crippen molar-refractivity contribution in [2.75, 3.05) is 0 Å². The minimum atomic E-state index is 0.0469. The highest BCUT2D eigenvalue weighted by molar-refractivity contribution is 5.95. The average Bonchev–Trinajstić information content (AvgIpc) is 2.98. The molecule has 1 atom stereocenters. The van der Waals surface area contributed by atoms with Crippen LogP contribution in [0, 0.1) is 5.92 Å². The fraction of sp³-hybridized carbons (Fsp3) is 0.571. The molecule has 1 aromatic heterocycles. The van der Waals surface area contributed by atoms with E-state index in [2.05, 4.69) is 22.4 Å². The van der Waals surface area contributed by atoms with Crippen molar-refractivity contribution in [1.29, 1.82) is 0 Å². The van der Waals surface area contributed by atoms with Gasteiger partial charge in [-0.25, -0.2) is 0 Å². The van der Waals surface area contributed by atoms with Crippen molar-refractivity contribution in [3.05, 3.63) is 29.6 Å². The molecule has 19 heavy (non-hydrogen) atoms. The number of nitrogens with two attached hydrogens (primary N) is 1. The third kappa shape index (κ3) is 3.67. The van der Waals surface area contributed by atoms with E-state index in [-0.39, 0.29) is 5.84 Å². The maximum Gasteiger partial charge on any atom is 0.188 e. The quantitative estimate of drug-likeness (QED) is 0.327.